The summed E-state index contributed by atoms with van der Waals surface area (Å²) in [6.07, 6.45) is 3.16. The van der Waals surface area contributed by atoms with Gasteiger partial charge in [-0.15, -0.1) is 0 Å². The molecule has 0 radical (unpaired) electrons. The molecule has 3 aromatic rings. The maximum atomic E-state index is 12.2. The number of carbonyl (C=O) groups excluding carboxylic acids is 1. The van der Waals surface area contributed by atoms with Crippen molar-refractivity contribution in [2.75, 3.05) is 0 Å². The maximum Gasteiger partial charge on any atom is 0.185 e. The fraction of sp³-hybridized carbons (Fsp3) is 0.115. The molecule has 0 atom stereocenters. The van der Waals surface area contributed by atoms with Gasteiger partial charge in [0.05, 0.1) is 0 Å². The summed E-state index contributed by atoms with van der Waals surface area (Å²) < 4.78 is 11.9. The molecular weight excluding hydrogens is 360 g/mol. The number of benzene rings is 3. The van der Waals surface area contributed by atoms with Crippen molar-refractivity contribution in [2.45, 2.75) is 20.1 Å². The van der Waals surface area contributed by atoms with Gasteiger partial charge in [0.2, 0.25) is 0 Å². The zero-order chi connectivity index (χ0) is 20.6. The van der Waals surface area contributed by atoms with E-state index in [0.717, 1.165) is 22.3 Å². The molecule has 146 valence electrons. The second-order valence-corrected chi connectivity index (χ2v) is 6.63. The quantitative estimate of drug-likeness (QED) is 0.327. The highest BCUT2D eigenvalue weighted by atomic mass is 16.5. The minimum atomic E-state index is -0.0975. The fourth-order valence-electron chi connectivity index (χ4n) is 3.14. The fourth-order valence-corrected chi connectivity index (χ4v) is 3.14. The Kier molecular flexibility index (Phi) is 6.64. The van der Waals surface area contributed by atoms with Gasteiger partial charge in [-0.3, -0.25) is 4.79 Å². The van der Waals surface area contributed by atoms with E-state index in [2.05, 4.69) is 13.2 Å². The highest BCUT2D eigenvalue weighted by Gasteiger charge is 2.12. The van der Waals surface area contributed by atoms with E-state index in [9.17, 15) is 4.79 Å². The number of hydrogen-bond donors (Lipinski definition) is 0. The van der Waals surface area contributed by atoms with Crippen molar-refractivity contribution >= 4 is 11.9 Å². The maximum absolute atomic E-state index is 12.2. The summed E-state index contributed by atoms with van der Waals surface area (Å²) in [6, 6.07) is 21.2. The molecule has 3 rings (SSSR count). The van der Waals surface area contributed by atoms with Crippen LogP contribution in [0.15, 0.2) is 86.0 Å². The van der Waals surface area contributed by atoms with Gasteiger partial charge in [0.1, 0.15) is 24.7 Å². The molecule has 0 fully saturated rings. The minimum Gasteiger partial charge on any atom is -0.489 e. The van der Waals surface area contributed by atoms with Crippen LogP contribution in [-0.4, -0.2) is 5.78 Å². The van der Waals surface area contributed by atoms with E-state index in [1.165, 1.54) is 6.08 Å². The van der Waals surface area contributed by atoms with E-state index >= 15 is 0 Å². The third kappa shape index (κ3) is 5.02. The molecule has 3 nitrogen and oxygen atoms in total. The first-order valence-electron chi connectivity index (χ1n) is 9.43. The molecule has 0 heterocycles. The monoisotopic (exact) mass is 384 g/mol. The van der Waals surface area contributed by atoms with Crippen molar-refractivity contribution in [3.63, 3.8) is 0 Å². The van der Waals surface area contributed by atoms with E-state index in [4.69, 9.17) is 9.47 Å². The average Bonchev–Trinajstić information content (AvgIpc) is 2.76. The Morgan fingerprint density at radius 3 is 2.17 bits per heavy atom. The second-order valence-electron chi connectivity index (χ2n) is 6.63. The molecule has 0 amide bonds. The van der Waals surface area contributed by atoms with E-state index in [0.29, 0.717) is 30.3 Å². The molecule has 0 spiro atoms. The second kappa shape index (κ2) is 9.56. The van der Waals surface area contributed by atoms with Crippen LogP contribution in [-0.2, 0) is 13.2 Å². The zero-order valence-corrected chi connectivity index (χ0v) is 16.6. The number of allylic oxidation sites excluding steroid dienone is 1. The van der Waals surface area contributed by atoms with Crippen molar-refractivity contribution in [1.29, 1.82) is 0 Å². The van der Waals surface area contributed by atoms with Gasteiger partial charge < -0.3 is 9.47 Å². The van der Waals surface area contributed by atoms with Crippen LogP contribution in [0.2, 0.25) is 0 Å². The van der Waals surface area contributed by atoms with Crippen LogP contribution < -0.4 is 9.47 Å². The Hall–Kier alpha value is -3.59. The van der Waals surface area contributed by atoms with E-state index in [1.54, 1.807) is 0 Å². The first-order chi connectivity index (χ1) is 14.1. The number of hydrogen-bond acceptors (Lipinski definition) is 3. The van der Waals surface area contributed by atoms with Crippen LogP contribution in [0.3, 0.4) is 0 Å². The van der Waals surface area contributed by atoms with Gasteiger partial charge >= 0.3 is 0 Å². The smallest absolute Gasteiger partial charge is 0.185 e. The van der Waals surface area contributed by atoms with Crippen LogP contribution in [0.25, 0.3) is 6.08 Å². The first-order valence-corrected chi connectivity index (χ1v) is 9.43. The number of ketones is 1. The molecule has 0 aromatic heterocycles. The normalized spacial score (nSPS) is 10.2. The van der Waals surface area contributed by atoms with E-state index in [-0.39, 0.29) is 5.78 Å². The lowest BCUT2D eigenvalue weighted by Gasteiger charge is -2.13. The predicted octanol–water partition coefficient (Wildman–Crippen LogP) is 6.16. The molecule has 0 aliphatic rings. The van der Waals surface area contributed by atoms with Gasteiger partial charge in [0, 0.05) is 17.2 Å². The summed E-state index contributed by atoms with van der Waals surface area (Å²) >= 11 is 0. The lowest BCUT2D eigenvalue weighted by atomic mass is 9.98. The molecule has 3 heteroatoms. The molecule has 0 bridgehead atoms. The van der Waals surface area contributed by atoms with E-state index in [1.807, 2.05) is 79.7 Å². The third-order valence-electron chi connectivity index (χ3n) is 4.66. The van der Waals surface area contributed by atoms with Gasteiger partial charge in [0.25, 0.3) is 0 Å². The Labute approximate surface area is 171 Å². The van der Waals surface area contributed by atoms with Gasteiger partial charge in [-0.2, -0.15) is 0 Å². The average molecular weight is 384 g/mol. The molecule has 0 aliphatic heterocycles. The topological polar surface area (TPSA) is 35.5 Å². The number of carbonyl (C=O) groups is 1. The molecule has 0 saturated heterocycles. The largest absolute Gasteiger partial charge is 0.489 e. The molecule has 3 aromatic carbocycles. The summed E-state index contributed by atoms with van der Waals surface area (Å²) in [5, 5.41) is 0. The van der Waals surface area contributed by atoms with Gasteiger partial charge in [-0.25, -0.2) is 0 Å². The molecule has 0 unspecified atom stereocenters. The van der Waals surface area contributed by atoms with Crippen LogP contribution in [0, 0.1) is 6.92 Å². The predicted molar refractivity (Wildman–Crippen MR) is 117 cm³/mol. The summed E-state index contributed by atoms with van der Waals surface area (Å²) in [5.74, 6) is 1.30. The lowest BCUT2D eigenvalue weighted by molar-refractivity contribution is 0.104. The van der Waals surface area contributed by atoms with Crippen molar-refractivity contribution in [3.05, 3.63) is 114 Å². The molecule has 0 N–H and O–H groups in total. The summed E-state index contributed by atoms with van der Waals surface area (Å²) in [5.41, 5.74) is 4.52. The Balaban J connectivity index is 1.70. The third-order valence-corrected chi connectivity index (χ3v) is 4.66. The summed E-state index contributed by atoms with van der Waals surface area (Å²) in [7, 11) is 0. The number of ether oxygens (including phenoxy) is 2. The Bertz CT molecular complexity index is 1030. The SMILES string of the molecule is C=CC(=O)c1c(C)cccc1COc1cccc(OCc2ccccc2C=C)c1. The van der Waals surface area contributed by atoms with Crippen molar-refractivity contribution in [2.24, 2.45) is 0 Å². The first kappa shape index (κ1) is 20.2. The lowest BCUT2D eigenvalue weighted by Crippen LogP contribution is -2.06. The van der Waals surface area contributed by atoms with Gasteiger partial charge in [-0.05, 0) is 41.8 Å². The van der Waals surface area contributed by atoms with Crippen LogP contribution >= 0.6 is 0 Å². The Morgan fingerprint density at radius 2 is 1.48 bits per heavy atom. The van der Waals surface area contributed by atoms with Crippen LogP contribution in [0.5, 0.6) is 11.5 Å². The van der Waals surface area contributed by atoms with E-state index < -0.39 is 0 Å². The minimum absolute atomic E-state index is 0.0975. The van der Waals surface area contributed by atoms with Crippen LogP contribution in [0.4, 0.5) is 0 Å². The van der Waals surface area contributed by atoms with Crippen molar-refractivity contribution in [3.8, 4) is 11.5 Å². The Morgan fingerprint density at radius 1 is 0.862 bits per heavy atom. The highest BCUT2D eigenvalue weighted by molar-refractivity contribution is 6.06. The zero-order valence-electron chi connectivity index (χ0n) is 16.6. The molecular formula is C26H24O3. The highest BCUT2D eigenvalue weighted by Crippen LogP contribution is 2.23. The van der Waals surface area contributed by atoms with Gasteiger partial charge in [0.15, 0.2) is 5.78 Å². The van der Waals surface area contributed by atoms with Gasteiger partial charge in [-0.1, -0.05) is 67.8 Å². The molecule has 29 heavy (non-hydrogen) atoms. The van der Waals surface area contributed by atoms with Crippen molar-refractivity contribution in [1.82, 2.24) is 0 Å². The molecule has 0 saturated carbocycles. The number of rotatable bonds is 9. The standard InChI is InChI=1S/C26H24O3/c1-4-20-11-6-7-12-21(20)17-28-23-14-9-15-24(16-23)29-18-22-13-8-10-19(3)26(22)25(27)5-2/h4-16H,1-2,17-18H2,3H3. The summed E-state index contributed by atoms with van der Waals surface area (Å²) in [4.78, 5) is 12.2. The van der Waals surface area contributed by atoms with Crippen LogP contribution in [0.1, 0.15) is 32.6 Å². The molecule has 0 aliphatic carbocycles. The number of aryl methyl sites for hydroxylation is 1. The van der Waals surface area contributed by atoms with Crippen molar-refractivity contribution < 1.29 is 14.3 Å². The summed E-state index contributed by atoms with van der Waals surface area (Å²) in [6.45, 7) is 10.1.